The molecule has 0 radical (unpaired) electrons. The van der Waals surface area contributed by atoms with Gasteiger partial charge in [0.1, 0.15) is 0 Å². The Bertz CT molecular complexity index is 609. The fourth-order valence-electron chi connectivity index (χ4n) is 2.30. The van der Waals surface area contributed by atoms with Crippen molar-refractivity contribution in [1.29, 1.82) is 0 Å². The van der Waals surface area contributed by atoms with Crippen LogP contribution < -0.4 is 11.1 Å². The first-order valence-corrected chi connectivity index (χ1v) is 7.84. The largest absolute Gasteiger partial charge is 0.399 e. The fraction of sp³-hybridized carbons (Fsp3) is 0.400. The summed E-state index contributed by atoms with van der Waals surface area (Å²) in [5, 5.41) is 3.50. The molecule has 0 atom stereocenters. The molecule has 0 amide bonds. The van der Waals surface area contributed by atoms with Gasteiger partial charge in [-0.25, -0.2) is 0 Å². The van der Waals surface area contributed by atoms with Gasteiger partial charge in [-0.2, -0.15) is 0 Å². The number of benzene rings is 2. The first-order valence-electron chi connectivity index (χ1n) is 7.84. The van der Waals surface area contributed by atoms with Crippen molar-refractivity contribution in [2.24, 2.45) is 0 Å². The van der Waals surface area contributed by atoms with E-state index in [0.717, 1.165) is 17.1 Å². The van der Waals surface area contributed by atoms with Crippen LogP contribution in [0.4, 0.5) is 17.1 Å². The van der Waals surface area contributed by atoms with E-state index in [1.165, 1.54) is 11.1 Å². The lowest BCUT2D eigenvalue weighted by molar-refractivity contribution is 0.569. The van der Waals surface area contributed by atoms with Crippen LogP contribution in [-0.2, 0) is 10.8 Å². The van der Waals surface area contributed by atoms with Crippen molar-refractivity contribution in [3.8, 4) is 0 Å². The van der Waals surface area contributed by atoms with Crippen LogP contribution in [0.3, 0.4) is 0 Å². The maximum Gasteiger partial charge on any atom is 0.0390 e. The van der Waals surface area contributed by atoms with Gasteiger partial charge in [0.2, 0.25) is 0 Å². The molecule has 2 aromatic carbocycles. The van der Waals surface area contributed by atoms with E-state index < -0.39 is 0 Å². The number of nitrogens with one attached hydrogen (secondary N) is 1. The van der Waals surface area contributed by atoms with E-state index in [-0.39, 0.29) is 10.8 Å². The third kappa shape index (κ3) is 4.03. The molecule has 0 fully saturated rings. The first kappa shape index (κ1) is 16.4. The van der Waals surface area contributed by atoms with E-state index in [1.54, 1.807) is 0 Å². The summed E-state index contributed by atoms with van der Waals surface area (Å²) in [7, 11) is 0. The molecule has 2 aromatic rings. The van der Waals surface area contributed by atoms with Crippen molar-refractivity contribution in [2.45, 2.75) is 52.4 Å². The molecule has 0 heterocycles. The Hall–Kier alpha value is -1.96. The topological polar surface area (TPSA) is 38.0 Å². The summed E-state index contributed by atoms with van der Waals surface area (Å²) in [4.78, 5) is 0. The molecular formula is C20H28N2. The molecule has 2 heteroatoms. The highest BCUT2D eigenvalue weighted by Gasteiger charge is 2.20. The molecule has 0 aliphatic rings. The van der Waals surface area contributed by atoms with E-state index in [0.29, 0.717) is 0 Å². The molecule has 0 aliphatic carbocycles. The number of nitrogens with two attached hydrogens (primary N) is 1. The molecule has 3 N–H and O–H groups in total. The first-order chi connectivity index (χ1) is 10.1. The van der Waals surface area contributed by atoms with Gasteiger partial charge in [-0.1, -0.05) is 47.6 Å². The van der Waals surface area contributed by atoms with Gasteiger partial charge in [-0.15, -0.1) is 0 Å². The Kier molecular flexibility index (Phi) is 4.23. The van der Waals surface area contributed by atoms with Gasteiger partial charge in [-0.05, 0) is 58.4 Å². The maximum atomic E-state index is 5.75. The minimum Gasteiger partial charge on any atom is -0.399 e. The molecule has 22 heavy (non-hydrogen) atoms. The van der Waals surface area contributed by atoms with E-state index in [2.05, 4.69) is 65.1 Å². The van der Waals surface area contributed by atoms with Gasteiger partial charge in [0.25, 0.3) is 0 Å². The Balaban J connectivity index is 2.44. The van der Waals surface area contributed by atoms with Crippen LogP contribution in [-0.4, -0.2) is 0 Å². The molecule has 0 aliphatic heterocycles. The van der Waals surface area contributed by atoms with Gasteiger partial charge < -0.3 is 11.1 Å². The minimum atomic E-state index is 0.124. The Morgan fingerprint density at radius 1 is 0.682 bits per heavy atom. The van der Waals surface area contributed by atoms with Crippen LogP contribution in [0.2, 0.25) is 0 Å². The molecule has 0 unspecified atom stereocenters. The zero-order chi connectivity index (χ0) is 16.5. The quantitative estimate of drug-likeness (QED) is 0.707. The van der Waals surface area contributed by atoms with Crippen molar-refractivity contribution in [2.75, 3.05) is 11.1 Å². The Labute approximate surface area is 134 Å². The molecular weight excluding hydrogens is 268 g/mol. The summed E-state index contributed by atoms with van der Waals surface area (Å²) in [6.45, 7) is 13.5. The van der Waals surface area contributed by atoms with Crippen LogP contribution >= 0.6 is 0 Å². The third-order valence-electron chi connectivity index (χ3n) is 3.86. The summed E-state index contributed by atoms with van der Waals surface area (Å²) < 4.78 is 0. The fourth-order valence-corrected chi connectivity index (χ4v) is 2.30. The van der Waals surface area contributed by atoms with Crippen molar-refractivity contribution in [3.05, 3.63) is 53.6 Å². The summed E-state index contributed by atoms with van der Waals surface area (Å²) in [5.41, 5.74) is 11.7. The third-order valence-corrected chi connectivity index (χ3v) is 3.86. The van der Waals surface area contributed by atoms with Crippen LogP contribution in [0.5, 0.6) is 0 Å². The van der Waals surface area contributed by atoms with Crippen LogP contribution in [0.15, 0.2) is 42.5 Å². The van der Waals surface area contributed by atoms with Gasteiger partial charge in [0, 0.05) is 17.1 Å². The van der Waals surface area contributed by atoms with Crippen LogP contribution in [0.25, 0.3) is 0 Å². The van der Waals surface area contributed by atoms with Crippen molar-refractivity contribution < 1.29 is 0 Å². The molecule has 118 valence electrons. The Morgan fingerprint density at radius 2 is 1.14 bits per heavy atom. The van der Waals surface area contributed by atoms with Crippen molar-refractivity contribution in [1.82, 2.24) is 0 Å². The minimum absolute atomic E-state index is 0.124. The lowest BCUT2D eigenvalue weighted by atomic mass is 9.80. The number of nitrogen functional groups attached to an aromatic ring is 1. The zero-order valence-electron chi connectivity index (χ0n) is 14.6. The smallest absolute Gasteiger partial charge is 0.0390 e. The average molecular weight is 296 g/mol. The van der Waals surface area contributed by atoms with Crippen molar-refractivity contribution >= 4 is 17.1 Å². The SMILES string of the molecule is CC(C)(C)c1cc(Nc2ccc(N)cc2)cc(C(C)(C)C)c1. The Morgan fingerprint density at radius 3 is 1.55 bits per heavy atom. The summed E-state index contributed by atoms with van der Waals surface area (Å²) in [5.74, 6) is 0. The second-order valence-corrected chi connectivity index (χ2v) is 8.05. The van der Waals surface area contributed by atoms with Gasteiger partial charge >= 0.3 is 0 Å². The predicted molar refractivity (Wildman–Crippen MR) is 98.0 cm³/mol. The van der Waals surface area contributed by atoms with Gasteiger partial charge in [-0.3, -0.25) is 0 Å². The molecule has 0 saturated carbocycles. The van der Waals surface area contributed by atoms with Crippen LogP contribution in [0, 0.1) is 0 Å². The highest BCUT2D eigenvalue weighted by molar-refractivity contribution is 5.64. The highest BCUT2D eigenvalue weighted by Crippen LogP contribution is 2.33. The van der Waals surface area contributed by atoms with Crippen molar-refractivity contribution in [3.63, 3.8) is 0 Å². The molecule has 0 spiro atoms. The number of rotatable bonds is 2. The average Bonchev–Trinajstić information content (AvgIpc) is 2.39. The lowest BCUT2D eigenvalue weighted by Crippen LogP contribution is -2.16. The second kappa shape index (κ2) is 5.68. The zero-order valence-corrected chi connectivity index (χ0v) is 14.6. The van der Waals surface area contributed by atoms with E-state index in [4.69, 9.17) is 5.73 Å². The predicted octanol–water partition coefficient (Wildman–Crippen LogP) is 5.61. The summed E-state index contributed by atoms with van der Waals surface area (Å²) >= 11 is 0. The van der Waals surface area contributed by atoms with E-state index in [9.17, 15) is 0 Å². The summed E-state index contributed by atoms with van der Waals surface area (Å²) in [6, 6.07) is 14.7. The van der Waals surface area contributed by atoms with E-state index >= 15 is 0 Å². The number of hydrogen-bond donors (Lipinski definition) is 2. The summed E-state index contributed by atoms with van der Waals surface area (Å²) in [6.07, 6.45) is 0. The van der Waals surface area contributed by atoms with Gasteiger partial charge in [0.15, 0.2) is 0 Å². The highest BCUT2D eigenvalue weighted by atomic mass is 14.9. The monoisotopic (exact) mass is 296 g/mol. The molecule has 0 bridgehead atoms. The van der Waals surface area contributed by atoms with Gasteiger partial charge in [0.05, 0.1) is 0 Å². The lowest BCUT2D eigenvalue weighted by Gasteiger charge is -2.26. The maximum absolute atomic E-state index is 5.75. The van der Waals surface area contributed by atoms with Crippen LogP contribution in [0.1, 0.15) is 52.7 Å². The number of anilines is 3. The second-order valence-electron chi connectivity index (χ2n) is 8.05. The molecule has 0 aromatic heterocycles. The standard InChI is InChI=1S/C20H28N2/c1-19(2,3)14-11-15(20(4,5)6)13-18(12-14)22-17-9-7-16(21)8-10-17/h7-13,22H,21H2,1-6H3. The van der Waals surface area contributed by atoms with E-state index in [1.807, 2.05) is 24.3 Å². The normalized spacial score (nSPS) is 12.3. The molecule has 2 rings (SSSR count). The molecule has 2 nitrogen and oxygen atoms in total. The number of hydrogen-bond acceptors (Lipinski definition) is 2. The molecule has 0 saturated heterocycles.